The molecule has 2 rings (SSSR count). The zero-order chi connectivity index (χ0) is 13.4. The first-order chi connectivity index (χ1) is 8.58. The van der Waals surface area contributed by atoms with E-state index >= 15 is 0 Å². The minimum Gasteiger partial charge on any atom is -0.450 e. The van der Waals surface area contributed by atoms with E-state index < -0.39 is 6.16 Å². The number of thiol groups is 1. The first kappa shape index (κ1) is 14.0. The quantitative estimate of drug-likeness (QED) is 0.573. The largest absolute Gasteiger partial charge is 0.503 e. The van der Waals surface area contributed by atoms with Gasteiger partial charge in [-0.1, -0.05) is 30.3 Å². The Kier molecular flexibility index (Phi) is 5.66. The summed E-state index contributed by atoms with van der Waals surface area (Å²) in [5.74, 6) is 0. The normalized spacial score (nSPS) is 9.17. The highest BCUT2D eigenvalue weighted by molar-refractivity contribution is 7.80. The second kappa shape index (κ2) is 7.29. The van der Waals surface area contributed by atoms with Crippen LogP contribution in [0.3, 0.4) is 0 Å². The molecule has 1 aromatic carbocycles. The van der Waals surface area contributed by atoms with Crippen molar-refractivity contribution in [2.75, 3.05) is 0 Å². The van der Waals surface area contributed by atoms with Crippen molar-refractivity contribution in [1.82, 2.24) is 9.97 Å². The second-order valence-corrected chi connectivity index (χ2v) is 3.69. The average molecular weight is 264 g/mol. The summed E-state index contributed by atoms with van der Waals surface area (Å²) in [6, 6.07) is 12.1. The molecule has 94 valence electrons. The monoisotopic (exact) mass is 264 g/mol. The molecular formula is C12H12N2O3S. The van der Waals surface area contributed by atoms with Gasteiger partial charge in [0.05, 0.1) is 0 Å². The van der Waals surface area contributed by atoms with E-state index in [0.717, 1.165) is 12.1 Å². The van der Waals surface area contributed by atoms with Crippen LogP contribution in [-0.4, -0.2) is 26.3 Å². The molecule has 1 aromatic heterocycles. The summed E-state index contributed by atoms with van der Waals surface area (Å²) in [6.45, 7) is 0. The molecule has 0 saturated carbocycles. The number of benzene rings is 1. The van der Waals surface area contributed by atoms with Crippen LogP contribution < -0.4 is 0 Å². The molecular weight excluding hydrogens is 252 g/mol. The molecule has 5 nitrogen and oxygen atoms in total. The van der Waals surface area contributed by atoms with Gasteiger partial charge in [0.15, 0.2) is 5.16 Å². The van der Waals surface area contributed by atoms with Gasteiger partial charge in [-0.05, 0) is 11.6 Å². The van der Waals surface area contributed by atoms with Crippen LogP contribution in [0, 0.1) is 0 Å². The fourth-order valence-corrected chi connectivity index (χ4v) is 1.48. The number of carboxylic acid groups (broad SMARTS) is 2. The molecule has 0 unspecified atom stereocenters. The topological polar surface area (TPSA) is 83.3 Å². The van der Waals surface area contributed by atoms with E-state index in [4.69, 9.17) is 15.0 Å². The Morgan fingerprint density at radius 1 is 1.17 bits per heavy atom. The SMILES string of the molecule is O=C(O)O.Sc1nccc(Cc2ccccc2)n1. The average Bonchev–Trinajstić information content (AvgIpc) is 2.29. The molecule has 1 heterocycles. The first-order valence-corrected chi connectivity index (χ1v) is 5.49. The number of nitrogens with zero attached hydrogens (tertiary/aromatic N) is 2. The van der Waals surface area contributed by atoms with E-state index in [9.17, 15) is 0 Å². The van der Waals surface area contributed by atoms with E-state index in [1.807, 2.05) is 24.3 Å². The van der Waals surface area contributed by atoms with Crippen LogP contribution >= 0.6 is 12.6 Å². The predicted molar refractivity (Wildman–Crippen MR) is 69.2 cm³/mol. The smallest absolute Gasteiger partial charge is 0.450 e. The molecule has 0 spiro atoms. The molecule has 0 fully saturated rings. The molecule has 0 aliphatic heterocycles. The van der Waals surface area contributed by atoms with Crippen LogP contribution in [-0.2, 0) is 6.42 Å². The maximum atomic E-state index is 8.56. The fraction of sp³-hybridized carbons (Fsp3) is 0.0833. The molecule has 2 aromatic rings. The molecule has 0 aliphatic rings. The predicted octanol–water partition coefficient (Wildman–Crippen LogP) is 2.58. The van der Waals surface area contributed by atoms with Crippen LogP contribution in [0.25, 0.3) is 0 Å². The van der Waals surface area contributed by atoms with Crippen LogP contribution in [0.2, 0.25) is 0 Å². The van der Waals surface area contributed by atoms with Crippen LogP contribution in [0.15, 0.2) is 47.8 Å². The van der Waals surface area contributed by atoms with Gasteiger partial charge in [0.2, 0.25) is 0 Å². The lowest BCUT2D eigenvalue weighted by atomic mass is 10.1. The number of carbonyl (C=O) groups is 1. The summed E-state index contributed by atoms with van der Waals surface area (Å²) in [6.07, 6.45) is 0.727. The third-order valence-corrected chi connectivity index (χ3v) is 2.14. The van der Waals surface area contributed by atoms with Crippen molar-refractivity contribution in [3.63, 3.8) is 0 Å². The van der Waals surface area contributed by atoms with Gasteiger partial charge in [-0.15, -0.1) is 12.6 Å². The standard InChI is InChI=1S/C11H10N2S.CH2O3/c14-11-12-7-6-10(13-11)8-9-4-2-1-3-5-9;2-1(3)4/h1-7H,8H2,(H,12,13,14);(H2,2,3,4). The lowest BCUT2D eigenvalue weighted by molar-refractivity contribution is 0.137. The molecule has 0 amide bonds. The Bertz CT molecular complexity index is 502. The Morgan fingerprint density at radius 3 is 2.33 bits per heavy atom. The van der Waals surface area contributed by atoms with Crippen molar-refractivity contribution in [3.05, 3.63) is 53.9 Å². The molecule has 2 N–H and O–H groups in total. The number of hydrogen-bond donors (Lipinski definition) is 3. The summed E-state index contributed by atoms with van der Waals surface area (Å²) in [5.41, 5.74) is 2.25. The first-order valence-electron chi connectivity index (χ1n) is 5.04. The molecule has 0 bridgehead atoms. The summed E-state index contributed by atoms with van der Waals surface area (Å²) in [5, 5.41) is 14.5. The number of rotatable bonds is 2. The Morgan fingerprint density at radius 2 is 1.78 bits per heavy atom. The highest BCUT2D eigenvalue weighted by Gasteiger charge is 1.97. The summed E-state index contributed by atoms with van der Waals surface area (Å²) < 4.78 is 0. The van der Waals surface area contributed by atoms with Crippen molar-refractivity contribution >= 4 is 18.8 Å². The van der Waals surface area contributed by atoms with Gasteiger partial charge < -0.3 is 10.2 Å². The highest BCUT2D eigenvalue weighted by Crippen LogP contribution is 2.07. The van der Waals surface area contributed by atoms with Gasteiger partial charge in [-0.2, -0.15) is 0 Å². The van der Waals surface area contributed by atoms with Crippen molar-refractivity contribution in [2.45, 2.75) is 11.6 Å². The third kappa shape index (κ3) is 5.86. The second-order valence-electron chi connectivity index (χ2n) is 3.29. The molecule has 0 aliphatic carbocycles. The van der Waals surface area contributed by atoms with E-state index in [1.165, 1.54) is 5.56 Å². The Balaban J connectivity index is 0.000000357. The Hall–Kier alpha value is -2.08. The molecule has 0 atom stereocenters. The zero-order valence-electron chi connectivity index (χ0n) is 9.39. The lowest BCUT2D eigenvalue weighted by Gasteiger charge is -2.00. The van der Waals surface area contributed by atoms with Crippen molar-refractivity contribution in [3.8, 4) is 0 Å². The van der Waals surface area contributed by atoms with Crippen LogP contribution in [0.5, 0.6) is 0 Å². The molecule has 18 heavy (non-hydrogen) atoms. The minimum absolute atomic E-state index is 0.526. The van der Waals surface area contributed by atoms with Gasteiger partial charge >= 0.3 is 6.16 Å². The van der Waals surface area contributed by atoms with Crippen LogP contribution in [0.1, 0.15) is 11.3 Å². The van der Waals surface area contributed by atoms with E-state index in [-0.39, 0.29) is 0 Å². The van der Waals surface area contributed by atoms with Crippen molar-refractivity contribution in [1.29, 1.82) is 0 Å². The highest BCUT2D eigenvalue weighted by atomic mass is 32.1. The van der Waals surface area contributed by atoms with Crippen molar-refractivity contribution < 1.29 is 15.0 Å². The Labute approximate surface area is 110 Å². The lowest BCUT2D eigenvalue weighted by Crippen LogP contribution is -1.93. The van der Waals surface area contributed by atoms with E-state index in [2.05, 4.69) is 34.7 Å². The molecule has 0 saturated heterocycles. The van der Waals surface area contributed by atoms with Gasteiger partial charge in [-0.3, -0.25) is 0 Å². The maximum Gasteiger partial charge on any atom is 0.503 e. The molecule has 6 heteroatoms. The van der Waals surface area contributed by atoms with Gasteiger partial charge in [0.1, 0.15) is 0 Å². The van der Waals surface area contributed by atoms with E-state index in [0.29, 0.717) is 5.16 Å². The zero-order valence-corrected chi connectivity index (χ0v) is 10.3. The van der Waals surface area contributed by atoms with Crippen LogP contribution in [0.4, 0.5) is 4.79 Å². The van der Waals surface area contributed by atoms with E-state index in [1.54, 1.807) is 6.20 Å². The fourth-order valence-electron chi connectivity index (χ4n) is 1.29. The van der Waals surface area contributed by atoms with Gasteiger partial charge in [0, 0.05) is 18.3 Å². The van der Waals surface area contributed by atoms with Crippen molar-refractivity contribution in [2.24, 2.45) is 0 Å². The summed E-state index contributed by atoms with van der Waals surface area (Å²) >= 11 is 4.10. The molecule has 0 radical (unpaired) electrons. The van der Waals surface area contributed by atoms with Gasteiger partial charge in [-0.25, -0.2) is 14.8 Å². The third-order valence-electron chi connectivity index (χ3n) is 1.93. The number of hydrogen-bond acceptors (Lipinski definition) is 4. The number of aromatic nitrogens is 2. The summed E-state index contributed by atoms with van der Waals surface area (Å²) in [4.78, 5) is 16.7. The minimum atomic E-state index is -1.83. The summed E-state index contributed by atoms with van der Waals surface area (Å²) in [7, 11) is 0. The van der Waals surface area contributed by atoms with Gasteiger partial charge in [0.25, 0.3) is 0 Å². The maximum absolute atomic E-state index is 8.56.